The summed E-state index contributed by atoms with van der Waals surface area (Å²) in [7, 11) is 0. The molecule has 2 unspecified atom stereocenters. The van der Waals surface area contributed by atoms with Gasteiger partial charge in [0.05, 0.1) is 30.1 Å². The molecule has 8 nitrogen and oxygen atoms in total. The molecule has 8 heteroatoms. The molecule has 0 heterocycles. The van der Waals surface area contributed by atoms with Gasteiger partial charge in [-0.3, -0.25) is 4.79 Å². The van der Waals surface area contributed by atoms with Gasteiger partial charge in [0.15, 0.2) is 0 Å². The Morgan fingerprint density at radius 2 is 1.69 bits per heavy atom. The van der Waals surface area contributed by atoms with Crippen molar-refractivity contribution in [2.45, 2.75) is 37.8 Å². The van der Waals surface area contributed by atoms with Gasteiger partial charge in [-0.05, 0) is 72.4 Å². The largest absolute Gasteiger partial charge is 0.397 e. The average Bonchev–Trinajstić information content (AvgIpc) is 3.33. The molecule has 1 aliphatic rings. The monoisotopic (exact) mass is 474 g/mol. The van der Waals surface area contributed by atoms with Crippen molar-refractivity contribution >= 4 is 29.0 Å². The van der Waals surface area contributed by atoms with Crippen LogP contribution < -0.4 is 21.7 Å². The van der Waals surface area contributed by atoms with Crippen LogP contribution in [-0.4, -0.2) is 34.9 Å². The Morgan fingerprint density at radius 3 is 2.43 bits per heavy atom. The van der Waals surface area contributed by atoms with Crippen LogP contribution in [0, 0.1) is 0 Å². The third kappa shape index (κ3) is 6.17. The average molecular weight is 475 g/mol. The Kier molecular flexibility index (Phi) is 7.64. The number of amides is 3. The lowest BCUT2D eigenvalue weighted by molar-refractivity contribution is 0.0800. The van der Waals surface area contributed by atoms with E-state index < -0.39 is 24.8 Å². The SMILES string of the molecule is Nc1ccccc1NC(=O)c1ccc(C(CC(O)CO)NC(=O)Nc2ccc3c(c2)CCC3)cc1. The number of para-hydroxylation sites is 2. The number of aryl methyl sites for hydroxylation is 2. The number of hydrogen-bond acceptors (Lipinski definition) is 5. The summed E-state index contributed by atoms with van der Waals surface area (Å²) in [6.07, 6.45) is 2.30. The normalized spacial score (nSPS) is 14.0. The number of rotatable bonds is 8. The minimum absolute atomic E-state index is 0.111. The number of fused-ring (bicyclic) bond motifs is 1. The second kappa shape index (κ2) is 11.0. The molecule has 0 spiro atoms. The Balaban J connectivity index is 1.44. The van der Waals surface area contributed by atoms with Crippen molar-refractivity contribution in [2.75, 3.05) is 23.0 Å². The highest BCUT2D eigenvalue weighted by Gasteiger charge is 2.20. The van der Waals surface area contributed by atoms with E-state index >= 15 is 0 Å². The van der Waals surface area contributed by atoms with Crippen LogP contribution in [0.15, 0.2) is 66.7 Å². The topological polar surface area (TPSA) is 137 Å². The quantitative estimate of drug-likeness (QED) is 0.277. The van der Waals surface area contributed by atoms with Gasteiger partial charge in [-0.2, -0.15) is 0 Å². The number of urea groups is 1. The Labute approximate surface area is 204 Å². The maximum atomic E-state index is 12.7. The molecule has 0 saturated heterocycles. The highest BCUT2D eigenvalue weighted by atomic mass is 16.3. The van der Waals surface area contributed by atoms with E-state index in [9.17, 15) is 19.8 Å². The first-order chi connectivity index (χ1) is 16.9. The number of anilines is 3. The fraction of sp³-hybridized carbons (Fsp3) is 0.259. The van der Waals surface area contributed by atoms with Crippen LogP contribution in [0.3, 0.4) is 0 Å². The third-order valence-corrected chi connectivity index (χ3v) is 6.16. The Morgan fingerprint density at radius 1 is 0.943 bits per heavy atom. The first-order valence-corrected chi connectivity index (χ1v) is 11.7. The highest BCUT2D eigenvalue weighted by Crippen LogP contribution is 2.26. The maximum Gasteiger partial charge on any atom is 0.319 e. The van der Waals surface area contributed by atoms with E-state index in [0.717, 1.165) is 19.3 Å². The zero-order chi connectivity index (χ0) is 24.8. The predicted molar refractivity (Wildman–Crippen MR) is 136 cm³/mol. The van der Waals surface area contributed by atoms with E-state index in [0.29, 0.717) is 28.2 Å². The molecule has 3 aromatic carbocycles. The van der Waals surface area contributed by atoms with Gasteiger partial charge in [-0.25, -0.2) is 4.79 Å². The van der Waals surface area contributed by atoms with E-state index in [2.05, 4.69) is 16.0 Å². The molecule has 4 rings (SSSR count). The molecule has 0 aromatic heterocycles. The van der Waals surface area contributed by atoms with Gasteiger partial charge >= 0.3 is 6.03 Å². The smallest absolute Gasteiger partial charge is 0.319 e. The second-order valence-electron chi connectivity index (χ2n) is 8.72. The number of hydrogen-bond donors (Lipinski definition) is 6. The van der Waals surface area contributed by atoms with Crippen LogP contribution in [0.4, 0.5) is 21.9 Å². The molecule has 3 amide bonds. The van der Waals surface area contributed by atoms with Crippen LogP contribution >= 0.6 is 0 Å². The van der Waals surface area contributed by atoms with E-state index in [1.807, 2.05) is 18.2 Å². The third-order valence-electron chi connectivity index (χ3n) is 6.16. The molecule has 1 aliphatic carbocycles. The molecule has 2 atom stereocenters. The molecule has 0 fully saturated rings. The van der Waals surface area contributed by atoms with Gasteiger partial charge in [0, 0.05) is 17.7 Å². The van der Waals surface area contributed by atoms with Gasteiger partial charge in [-0.1, -0.05) is 30.3 Å². The minimum atomic E-state index is -1.01. The van der Waals surface area contributed by atoms with Crippen molar-refractivity contribution in [1.29, 1.82) is 0 Å². The number of nitrogens with two attached hydrogens (primary N) is 1. The molecule has 0 saturated carbocycles. The fourth-order valence-corrected chi connectivity index (χ4v) is 4.27. The zero-order valence-electron chi connectivity index (χ0n) is 19.3. The summed E-state index contributed by atoms with van der Waals surface area (Å²) >= 11 is 0. The summed E-state index contributed by atoms with van der Waals surface area (Å²) < 4.78 is 0. The lowest BCUT2D eigenvalue weighted by Crippen LogP contribution is -2.35. The van der Waals surface area contributed by atoms with Crippen molar-refractivity contribution in [3.8, 4) is 0 Å². The number of carbonyl (C=O) groups is 2. The molecule has 0 radical (unpaired) electrons. The van der Waals surface area contributed by atoms with Crippen LogP contribution in [0.25, 0.3) is 0 Å². The van der Waals surface area contributed by atoms with Crippen molar-refractivity contribution in [2.24, 2.45) is 0 Å². The lowest BCUT2D eigenvalue weighted by Gasteiger charge is -2.22. The van der Waals surface area contributed by atoms with Crippen LogP contribution in [-0.2, 0) is 12.8 Å². The van der Waals surface area contributed by atoms with Crippen molar-refractivity contribution in [3.05, 3.63) is 89.0 Å². The van der Waals surface area contributed by atoms with Crippen molar-refractivity contribution < 1.29 is 19.8 Å². The summed E-state index contributed by atoms with van der Waals surface area (Å²) in [5, 5.41) is 27.9. The van der Waals surface area contributed by atoms with Crippen molar-refractivity contribution in [1.82, 2.24) is 5.32 Å². The van der Waals surface area contributed by atoms with Gasteiger partial charge in [0.2, 0.25) is 0 Å². The van der Waals surface area contributed by atoms with E-state index in [1.54, 1.807) is 48.5 Å². The van der Waals surface area contributed by atoms with Gasteiger partial charge < -0.3 is 31.9 Å². The lowest BCUT2D eigenvalue weighted by atomic mass is 9.99. The minimum Gasteiger partial charge on any atom is -0.397 e. The molecule has 182 valence electrons. The molecule has 7 N–H and O–H groups in total. The number of carbonyl (C=O) groups excluding carboxylic acids is 2. The number of nitrogen functional groups attached to an aromatic ring is 1. The number of nitrogens with one attached hydrogen (secondary N) is 3. The van der Waals surface area contributed by atoms with Crippen molar-refractivity contribution in [3.63, 3.8) is 0 Å². The number of benzene rings is 3. The summed E-state index contributed by atoms with van der Waals surface area (Å²) in [4.78, 5) is 25.3. The first-order valence-electron chi connectivity index (χ1n) is 11.7. The molecular weight excluding hydrogens is 444 g/mol. The van der Waals surface area contributed by atoms with Gasteiger partial charge in [0.25, 0.3) is 5.91 Å². The highest BCUT2D eigenvalue weighted by molar-refractivity contribution is 6.05. The molecule has 35 heavy (non-hydrogen) atoms. The van der Waals surface area contributed by atoms with E-state index in [1.165, 1.54) is 11.1 Å². The van der Waals surface area contributed by atoms with E-state index in [4.69, 9.17) is 5.73 Å². The van der Waals surface area contributed by atoms with Crippen LogP contribution in [0.1, 0.15) is 45.9 Å². The molecular formula is C27H30N4O4. The van der Waals surface area contributed by atoms with Gasteiger partial charge in [-0.15, -0.1) is 0 Å². The molecule has 3 aromatic rings. The second-order valence-corrected chi connectivity index (χ2v) is 8.72. The molecule has 0 aliphatic heterocycles. The van der Waals surface area contributed by atoms with Gasteiger partial charge in [0.1, 0.15) is 0 Å². The number of aliphatic hydroxyl groups excluding tert-OH is 2. The summed E-state index contributed by atoms with van der Waals surface area (Å²) in [6.45, 7) is -0.427. The first kappa shape index (κ1) is 24.3. The Hall–Kier alpha value is -3.88. The molecule has 0 bridgehead atoms. The van der Waals surface area contributed by atoms with Crippen LogP contribution in [0.5, 0.6) is 0 Å². The standard InChI is InChI=1S/C27H30N4O4/c28-23-6-1-2-7-24(23)30-26(34)19-10-8-18(9-11-19)25(15-22(33)16-32)31-27(35)29-21-13-12-17-4-3-5-20(17)14-21/h1-2,6-14,22,25,32-33H,3-5,15-16,28H2,(H,30,34)(H2,29,31,35). The summed E-state index contributed by atoms with van der Waals surface area (Å²) in [5.74, 6) is -0.316. The Bertz CT molecular complexity index is 1200. The number of aliphatic hydroxyl groups is 2. The van der Waals surface area contributed by atoms with Crippen LogP contribution in [0.2, 0.25) is 0 Å². The zero-order valence-corrected chi connectivity index (χ0v) is 19.3. The maximum absolute atomic E-state index is 12.7. The summed E-state index contributed by atoms with van der Waals surface area (Å²) in [5.41, 5.74) is 11.3. The summed E-state index contributed by atoms with van der Waals surface area (Å²) in [6, 6.07) is 18.6. The fourth-order valence-electron chi connectivity index (χ4n) is 4.27. The van der Waals surface area contributed by atoms with E-state index in [-0.39, 0.29) is 12.3 Å². The predicted octanol–water partition coefficient (Wildman–Crippen LogP) is 3.62.